The number of hydrogen-bond acceptors (Lipinski definition) is 4. The van der Waals surface area contributed by atoms with Crippen LogP contribution in [-0.2, 0) is 0 Å². The van der Waals surface area contributed by atoms with Crippen molar-refractivity contribution < 1.29 is 4.79 Å². The van der Waals surface area contributed by atoms with Gasteiger partial charge in [0.25, 0.3) is 5.91 Å². The maximum Gasteiger partial charge on any atom is 0.258 e. The molecule has 0 heterocycles. The second-order valence-corrected chi connectivity index (χ2v) is 8.27. The summed E-state index contributed by atoms with van der Waals surface area (Å²) in [6, 6.07) is 18.2. The number of guanidine groups is 1. The number of nitrogens with zero attached hydrogens (tertiary/aromatic N) is 3. The van der Waals surface area contributed by atoms with Gasteiger partial charge in [-0.1, -0.05) is 65.2 Å². The average molecular weight is 480 g/mol. The predicted octanol–water partition coefficient (Wildman–Crippen LogP) is 5.66. The lowest BCUT2D eigenvalue weighted by Gasteiger charge is -2.12. The Balaban J connectivity index is 1.81. The summed E-state index contributed by atoms with van der Waals surface area (Å²) in [6.07, 6.45) is 3.14. The quantitative estimate of drug-likeness (QED) is 0.281. The summed E-state index contributed by atoms with van der Waals surface area (Å²) in [5, 5.41) is 16.3. The van der Waals surface area contributed by atoms with Crippen molar-refractivity contribution >= 4 is 47.5 Å². The molecule has 8 heteroatoms. The molecule has 0 unspecified atom stereocenters. The Labute approximate surface area is 203 Å². The molecule has 0 aliphatic heterocycles. The SMILES string of the molecule is Cc1cc(C)c(C(=O)NC(=NN=Cc2ccc(Cl)cc2)NN=Cc2ccc(Cl)cc2)c(C)c1. The van der Waals surface area contributed by atoms with Gasteiger partial charge in [-0.2, -0.15) is 10.2 Å². The number of halogens is 2. The second kappa shape index (κ2) is 11.4. The summed E-state index contributed by atoms with van der Waals surface area (Å²) in [4.78, 5) is 13.0. The van der Waals surface area contributed by atoms with E-state index in [0.717, 1.165) is 27.8 Å². The van der Waals surface area contributed by atoms with E-state index in [9.17, 15) is 4.79 Å². The van der Waals surface area contributed by atoms with Gasteiger partial charge in [0.1, 0.15) is 0 Å². The Morgan fingerprint density at radius 2 is 1.33 bits per heavy atom. The minimum atomic E-state index is -0.306. The van der Waals surface area contributed by atoms with Gasteiger partial charge in [0.05, 0.1) is 12.4 Å². The summed E-state index contributed by atoms with van der Waals surface area (Å²) in [6.45, 7) is 5.79. The normalized spacial score (nSPS) is 11.8. The standard InChI is InChI=1S/C25H23Cl2N5O/c1-16-12-17(2)23(18(3)13-16)24(33)30-25(31-28-14-19-4-8-21(26)9-5-19)32-29-15-20-6-10-22(27)11-7-20/h4-15H,1-3H3,(H2,30,31,32,33). The van der Waals surface area contributed by atoms with Crippen LogP contribution in [0.4, 0.5) is 0 Å². The molecule has 3 aromatic carbocycles. The molecule has 0 saturated heterocycles. The number of benzene rings is 3. The third-order valence-corrected chi connectivity index (χ3v) is 5.13. The van der Waals surface area contributed by atoms with Gasteiger partial charge in [-0.15, -0.1) is 5.10 Å². The van der Waals surface area contributed by atoms with Crippen molar-refractivity contribution in [3.05, 3.63) is 104 Å². The lowest BCUT2D eigenvalue weighted by atomic mass is 9.99. The Kier molecular flexibility index (Phi) is 8.35. The van der Waals surface area contributed by atoms with Crippen molar-refractivity contribution in [3.63, 3.8) is 0 Å². The average Bonchev–Trinajstić information content (AvgIpc) is 2.75. The van der Waals surface area contributed by atoms with E-state index in [2.05, 4.69) is 26.0 Å². The predicted molar refractivity (Wildman–Crippen MR) is 137 cm³/mol. The molecule has 0 radical (unpaired) electrons. The Bertz CT molecular complexity index is 1190. The number of hydrogen-bond donors (Lipinski definition) is 2. The van der Waals surface area contributed by atoms with Gasteiger partial charge >= 0.3 is 0 Å². The molecule has 0 bridgehead atoms. The zero-order valence-corrected chi connectivity index (χ0v) is 19.9. The maximum absolute atomic E-state index is 13.0. The zero-order chi connectivity index (χ0) is 23.8. The maximum atomic E-state index is 13.0. The molecule has 0 aliphatic carbocycles. The van der Waals surface area contributed by atoms with E-state index in [1.807, 2.05) is 57.2 Å². The summed E-state index contributed by atoms with van der Waals surface area (Å²) < 4.78 is 0. The van der Waals surface area contributed by atoms with Crippen LogP contribution in [0.25, 0.3) is 0 Å². The summed E-state index contributed by atoms with van der Waals surface area (Å²) >= 11 is 11.8. The van der Waals surface area contributed by atoms with Crippen LogP contribution in [0.15, 0.2) is 76.0 Å². The fourth-order valence-electron chi connectivity index (χ4n) is 3.20. The van der Waals surface area contributed by atoms with E-state index in [1.165, 1.54) is 0 Å². The Morgan fingerprint density at radius 3 is 1.88 bits per heavy atom. The van der Waals surface area contributed by atoms with Crippen LogP contribution in [0.1, 0.15) is 38.2 Å². The number of hydrazone groups is 1. The van der Waals surface area contributed by atoms with Crippen LogP contribution in [-0.4, -0.2) is 24.3 Å². The van der Waals surface area contributed by atoms with Crippen LogP contribution in [0.3, 0.4) is 0 Å². The van der Waals surface area contributed by atoms with Crippen molar-refractivity contribution in [2.24, 2.45) is 15.3 Å². The highest BCUT2D eigenvalue weighted by Gasteiger charge is 2.14. The Morgan fingerprint density at radius 1 is 0.818 bits per heavy atom. The molecule has 3 rings (SSSR count). The monoisotopic (exact) mass is 479 g/mol. The van der Waals surface area contributed by atoms with Gasteiger partial charge in [-0.25, -0.2) is 5.43 Å². The zero-order valence-electron chi connectivity index (χ0n) is 18.4. The van der Waals surface area contributed by atoms with Crippen molar-refractivity contribution in [3.8, 4) is 0 Å². The van der Waals surface area contributed by atoms with E-state index in [1.54, 1.807) is 36.7 Å². The van der Waals surface area contributed by atoms with Gasteiger partial charge in [-0.05, 0) is 67.3 Å². The minimum Gasteiger partial charge on any atom is -0.289 e. The molecule has 6 nitrogen and oxygen atoms in total. The van der Waals surface area contributed by atoms with Crippen molar-refractivity contribution in [2.75, 3.05) is 0 Å². The Hall–Kier alpha value is -3.48. The highest BCUT2D eigenvalue weighted by molar-refractivity contribution is 6.30. The second-order valence-electron chi connectivity index (χ2n) is 7.39. The van der Waals surface area contributed by atoms with Gasteiger partial charge in [-0.3, -0.25) is 10.1 Å². The first kappa shape index (κ1) is 24.2. The fourth-order valence-corrected chi connectivity index (χ4v) is 3.45. The number of carbonyl (C=O) groups excluding carboxylic acids is 1. The highest BCUT2D eigenvalue weighted by atomic mass is 35.5. The first-order valence-electron chi connectivity index (χ1n) is 10.1. The van der Waals surface area contributed by atoms with E-state index >= 15 is 0 Å². The molecule has 33 heavy (non-hydrogen) atoms. The molecule has 1 amide bonds. The molecule has 168 valence electrons. The number of nitrogens with one attached hydrogen (secondary N) is 2. The van der Waals surface area contributed by atoms with Gasteiger partial charge in [0.2, 0.25) is 5.96 Å². The lowest BCUT2D eigenvalue weighted by Crippen LogP contribution is -2.39. The first-order valence-corrected chi connectivity index (χ1v) is 10.9. The van der Waals surface area contributed by atoms with Crippen molar-refractivity contribution in [2.45, 2.75) is 20.8 Å². The van der Waals surface area contributed by atoms with Crippen molar-refractivity contribution in [1.82, 2.24) is 10.7 Å². The topological polar surface area (TPSA) is 78.2 Å². The largest absolute Gasteiger partial charge is 0.289 e. The number of amides is 1. The van der Waals surface area contributed by atoms with Gasteiger partial charge in [0, 0.05) is 15.6 Å². The summed E-state index contributed by atoms with van der Waals surface area (Å²) in [5.41, 5.74) is 7.81. The first-order chi connectivity index (χ1) is 15.8. The third kappa shape index (κ3) is 7.27. The van der Waals surface area contributed by atoms with Crippen LogP contribution >= 0.6 is 23.2 Å². The van der Waals surface area contributed by atoms with Crippen LogP contribution < -0.4 is 10.7 Å². The molecular weight excluding hydrogens is 457 g/mol. The fraction of sp³-hybridized carbons (Fsp3) is 0.120. The third-order valence-electron chi connectivity index (χ3n) is 4.62. The molecule has 0 atom stereocenters. The number of rotatable bonds is 5. The number of carbonyl (C=O) groups is 1. The smallest absolute Gasteiger partial charge is 0.258 e. The number of aryl methyl sites for hydroxylation is 3. The summed E-state index contributed by atoms with van der Waals surface area (Å²) in [7, 11) is 0. The van der Waals surface area contributed by atoms with Crippen LogP contribution in [0.2, 0.25) is 10.0 Å². The summed E-state index contributed by atoms with van der Waals surface area (Å²) in [5.74, 6) is -0.227. The molecule has 2 N–H and O–H groups in total. The van der Waals surface area contributed by atoms with E-state index in [4.69, 9.17) is 23.2 Å². The minimum absolute atomic E-state index is 0.0785. The van der Waals surface area contributed by atoms with Gasteiger partial charge < -0.3 is 0 Å². The van der Waals surface area contributed by atoms with E-state index in [-0.39, 0.29) is 11.9 Å². The molecular formula is C25H23Cl2N5O. The van der Waals surface area contributed by atoms with E-state index < -0.39 is 0 Å². The molecule has 3 aromatic rings. The highest BCUT2D eigenvalue weighted by Crippen LogP contribution is 2.16. The molecule has 0 aromatic heterocycles. The van der Waals surface area contributed by atoms with Gasteiger partial charge in [0.15, 0.2) is 0 Å². The molecule has 0 aliphatic rings. The van der Waals surface area contributed by atoms with Crippen LogP contribution in [0.5, 0.6) is 0 Å². The lowest BCUT2D eigenvalue weighted by molar-refractivity contribution is 0.0974. The van der Waals surface area contributed by atoms with E-state index in [0.29, 0.717) is 15.6 Å². The molecule has 0 saturated carbocycles. The molecule has 0 fully saturated rings. The van der Waals surface area contributed by atoms with Crippen LogP contribution in [0, 0.1) is 20.8 Å². The van der Waals surface area contributed by atoms with Crippen molar-refractivity contribution in [1.29, 1.82) is 0 Å². The molecule has 0 spiro atoms.